The Hall–Kier alpha value is -2.25. The lowest BCUT2D eigenvalue weighted by atomic mass is 10.1. The molecule has 6 nitrogen and oxygen atoms in total. The number of benzene rings is 1. The molecule has 138 valence electrons. The number of carbonyl (C=O) groups is 3. The molecule has 1 atom stereocenters. The number of H-pyrrole nitrogens is 1. The summed E-state index contributed by atoms with van der Waals surface area (Å²) in [6.45, 7) is -0.383. The normalized spacial score (nSPS) is 11.6. The van der Waals surface area contributed by atoms with Crippen molar-refractivity contribution >= 4 is 41.0 Å². The van der Waals surface area contributed by atoms with Crippen molar-refractivity contribution in [1.29, 1.82) is 0 Å². The summed E-state index contributed by atoms with van der Waals surface area (Å²) in [4.78, 5) is 39.3. The van der Waals surface area contributed by atoms with Gasteiger partial charge in [-0.2, -0.15) is 11.8 Å². The number of Topliss-reactive ketones (excluding diaryl/α,β-unsaturated/α-hetero) is 1. The number of hydrogen-bond acceptors (Lipinski definition) is 5. The summed E-state index contributed by atoms with van der Waals surface area (Å²) < 4.78 is 5.09. The third-order valence-electron chi connectivity index (χ3n) is 3.55. The number of hydrogen-bond donors (Lipinski definition) is 2. The van der Waals surface area contributed by atoms with E-state index >= 15 is 0 Å². The quantitative estimate of drug-likeness (QED) is 0.504. The standard InChI is InChI=1S/C18H19ClN2O4S/c1-26-10-8-15(21-17(23)12-4-6-13(19)7-5-12)18(24)25-11-16(22)14-3-2-9-20-14/h2-7,9,15,20H,8,10-11H2,1H3,(H,21,23)/t15-/m0/s1. The Morgan fingerprint density at radius 1 is 1.23 bits per heavy atom. The molecule has 26 heavy (non-hydrogen) atoms. The fourth-order valence-electron chi connectivity index (χ4n) is 2.15. The highest BCUT2D eigenvalue weighted by Crippen LogP contribution is 2.11. The molecule has 0 aliphatic rings. The van der Waals surface area contributed by atoms with Gasteiger partial charge in [0.2, 0.25) is 5.78 Å². The second-order valence-corrected chi connectivity index (χ2v) is 6.85. The summed E-state index contributed by atoms with van der Waals surface area (Å²) in [6, 6.07) is 8.79. The lowest BCUT2D eigenvalue weighted by molar-refractivity contribution is -0.144. The number of aromatic nitrogens is 1. The number of ketones is 1. The average Bonchev–Trinajstić information content (AvgIpc) is 3.18. The van der Waals surface area contributed by atoms with Crippen molar-refractivity contribution in [1.82, 2.24) is 10.3 Å². The van der Waals surface area contributed by atoms with E-state index < -0.39 is 17.9 Å². The monoisotopic (exact) mass is 394 g/mol. The van der Waals surface area contributed by atoms with E-state index in [4.69, 9.17) is 16.3 Å². The predicted octanol–water partition coefficient (Wildman–Crippen LogP) is 2.95. The van der Waals surface area contributed by atoms with Gasteiger partial charge in [-0.1, -0.05) is 11.6 Å². The maximum absolute atomic E-state index is 12.3. The van der Waals surface area contributed by atoms with E-state index in [0.29, 0.717) is 28.5 Å². The summed E-state index contributed by atoms with van der Waals surface area (Å²) in [5.74, 6) is -0.719. The minimum Gasteiger partial charge on any atom is -0.456 e. The van der Waals surface area contributed by atoms with Crippen molar-refractivity contribution in [3.63, 3.8) is 0 Å². The van der Waals surface area contributed by atoms with Crippen LogP contribution in [0.2, 0.25) is 5.02 Å². The van der Waals surface area contributed by atoms with E-state index in [1.54, 1.807) is 54.4 Å². The highest BCUT2D eigenvalue weighted by Gasteiger charge is 2.23. The second kappa shape index (κ2) is 10.0. The van der Waals surface area contributed by atoms with Crippen molar-refractivity contribution in [3.8, 4) is 0 Å². The van der Waals surface area contributed by atoms with Gasteiger partial charge in [-0.05, 0) is 54.8 Å². The number of aromatic amines is 1. The van der Waals surface area contributed by atoms with Crippen LogP contribution in [0.3, 0.4) is 0 Å². The van der Waals surface area contributed by atoms with Gasteiger partial charge in [0, 0.05) is 16.8 Å². The number of carbonyl (C=O) groups excluding carboxylic acids is 3. The molecule has 1 amide bonds. The first-order valence-electron chi connectivity index (χ1n) is 7.90. The summed E-state index contributed by atoms with van der Waals surface area (Å²) in [5, 5.41) is 3.17. The SMILES string of the molecule is CSCC[C@H](NC(=O)c1ccc(Cl)cc1)C(=O)OCC(=O)c1ccc[nH]1. The fraction of sp³-hybridized carbons (Fsp3) is 0.278. The molecule has 1 heterocycles. The van der Waals surface area contributed by atoms with E-state index in [9.17, 15) is 14.4 Å². The van der Waals surface area contributed by atoms with Crippen molar-refractivity contribution in [2.45, 2.75) is 12.5 Å². The Bertz CT molecular complexity index is 747. The topological polar surface area (TPSA) is 88.3 Å². The van der Waals surface area contributed by atoms with Crippen LogP contribution in [0, 0.1) is 0 Å². The Labute approximate surface area is 160 Å². The molecule has 0 unspecified atom stereocenters. The lowest BCUT2D eigenvalue weighted by Crippen LogP contribution is -2.42. The van der Waals surface area contributed by atoms with Crippen molar-refractivity contribution < 1.29 is 19.1 Å². The number of rotatable bonds is 9. The smallest absolute Gasteiger partial charge is 0.329 e. The number of halogens is 1. The van der Waals surface area contributed by atoms with Gasteiger partial charge >= 0.3 is 5.97 Å². The third-order valence-corrected chi connectivity index (χ3v) is 4.45. The average molecular weight is 395 g/mol. The highest BCUT2D eigenvalue weighted by molar-refractivity contribution is 7.98. The van der Waals surface area contributed by atoms with Crippen LogP contribution in [0.5, 0.6) is 0 Å². The number of thioether (sulfide) groups is 1. The van der Waals surface area contributed by atoms with Crippen LogP contribution in [0.4, 0.5) is 0 Å². The molecule has 2 N–H and O–H groups in total. The van der Waals surface area contributed by atoms with Gasteiger partial charge in [0.05, 0.1) is 5.69 Å². The van der Waals surface area contributed by atoms with Crippen LogP contribution in [0.25, 0.3) is 0 Å². The van der Waals surface area contributed by atoms with E-state index in [1.165, 1.54) is 0 Å². The van der Waals surface area contributed by atoms with Gasteiger partial charge in [-0.25, -0.2) is 4.79 Å². The molecule has 0 spiro atoms. The van der Waals surface area contributed by atoms with Crippen LogP contribution >= 0.6 is 23.4 Å². The molecule has 0 saturated carbocycles. The number of esters is 1. The minimum absolute atomic E-state index is 0.337. The molecule has 8 heteroatoms. The zero-order valence-corrected chi connectivity index (χ0v) is 15.7. The number of amides is 1. The Morgan fingerprint density at radius 2 is 1.96 bits per heavy atom. The van der Waals surface area contributed by atoms with E-state index in [-0.39, 0.29) is 12.4 Å². The summed E-state index contributed by atoms with van der Waals surface area (Å²) in [7, 11) is 0. The van der Waals surface area contributed by atoms with Gasteiger partial charge in [0.15, 0.2) is 6.61 Å². The van der Waals surface area contributed by atoms with Crippen molar-refractivity contribution in [2.75, 3.05) is 18.6 Å². The van der Waals surface area contributed by atoms with Gasteiger partial charge in [0.25, 0.3) is 5.91 Å². The van der Waals surface area contributed by atoms with E-state index in [1.807, 2.05) is 6.26 Å². The van der Waals surface area contributed by atoms with Gasteiger partial charge in [0.1, 0.15) is 6.04 Å². The van der Waals surface area contributed by atoms with Gasteiger partial charge < -0.3 is 15.0 Å². The Kier molecular flexibility index (Phi) is 7.74. The molecule has 0 aliphatic heterocycles. The van der Waals surface area contributed by atoms with E-state index in [2.05, 4.69) is 10.3 Å². The van der Waals surface area contributed by atoms with Crippen LogP contribution in [-0.4, -0.2) is 47.3 Å². The summed E-state index contributed by atoms with van der Waals surface area (Å²) in [6.07, 6.45) is 3.91. The zero-order chi connectivity index (χ0) is 18.9. The van der Waals surface area contributed by atoms with Gasteiger partial charge in [-0.15, -0.1) is 0 Å². The molecule has 1 aromatic heterocycles. The maximum atomic E-state index is 12.3. The van der Waals surface area contributed by atoms with Crippen LogP contribution in [0.1, 0.15) is 27.3 Å². The summed E-state index contributed by atoms with van der Waals surface area (Å²) in [5.41, 5.74) is 0.752. The first-order chi connectivity index (χ1) is 12.5. The number of ether oxygens (including phenoxy) is 1. The molecule has 0 aliphatic carbocycles. The maximum Gasteiger partial charge on any atom is 0.329 e. The first-order valence-corrected chi connectivity index (χ1v) is 9.67. The molecular weight excluding hydrogens is 376 g/mol. The lowest BCUT2D eigenvalue weighted by Gasteiger charge is -2.17. The molecule has 0 bridgehead atoms. The molecule has 0 radical (unpaired) electrons. The molecule has 0 saturated heterocycles. The summed E-state index contributed by atoms with van der Waals surface area (Å²) >= 11 is 7.36. The first kappa shape index (κ1) is 20.1. The Morgan fingerprint density at radius 3 is 2.58 bits per heavy atom. The predicted molar refractivity (Wildman–Crippen MR) is 102 cm³/mol. The molecule has 0 fully saturated rings. The molecule has 2 aromatic rings. The van der Waals surface area contributed by atoms with E-state index in [0.717, 1.165) is 0 Å². The largest absolute Gasteiger partial charge is 0.456 e. The zero-order valence-electron chi connectivity index (χ0n) is 14.2. The van der Waals surface area contributed by atoms with Crippen LogP contribution < -0.4 is 5.32 Å². The Balaban J connectivity index is 1.96. The van der Waals surface area contributed by atoms with Gasteiger partial charge in [-0.3, -0.25) is 9.59 Å². The minimum atomic E-state index is -0.831. The van der Waals surface area contributed by atoms with Crippen LogP contribution in [0.15, 0.2) is 42.6 Å². The fourth-order valence-corrected chi connectivity index (χ4v) is 2.74. The molecular formula is C18H19ClN2O4S. The van der Waals surface area contributed by atoms with Crippen molar-refractivity contribution in [3.05, 3.63) is 58.9 Å². The van der Waals surface area contributed by atoms with Crippen LogP contribution in [-0.2, 0) is 9.53 Å². The third kappa shape index (κ3) is 5.93. The van der Waals surface area contributed by atoms with Crippen molar-refractivity contribution in [2.24, 2.45) is 0 Å². The highest BCUT2D eigenvalue weighted by atomic mass is 35.5. The molecule has 1 aromatic carbocycles. The number of nitrogens with one attached hydrogen (secondary N) is 2. The second-order valence-electron chi connectivity index (χ2n) is 5.43. The molecule has 2 rings (SSSR count).